The number of halogens is 1. The summed E-state index contributed by atoms with van der Waals surface area (Å²) in [7, 11) is 0. The molecule has 0 aliphatic carbocycles. The summed E-state index contributed by atoms with van der Waals surface area (Å²) >= 11 is 0. The number of rotatable bonds is 6. The fourth-order valence-corrected chi connectivity index (χ4v) is 4.13. The molecule has 3 heterocycles. The number of para-hydroxylation sites is 1. The molecule has 33 heavy (non-hydrogen) atoms. The summed E-state index contributed by atoms with van der Waals surface area (Å²) in [6.07, 6.45) is 7.29. The zero-order valence-corrected chi connectivity index (χ0v) is 18.2. The van der Waals surface area contributed by atoms with Crippen molar-refractivity contribution in [2.24, 2.45) is 0 Å². The Hall–Kier alpha value is -3.62. The predicted octanol–water partition coefficient (Wildman–Crippen LogP) is 3.28. The summed E-state index contributed by atoms with van der Waals surface area (Å²) in [5, 5.41) is 13.7. The van der Waals surface area contributed by atoms with Gasteiger partial charge in [0.1, 0.15) is 11.5 Å². The molecule has 2 aromatic heterocycles. The van der Waals surface area contributed by atoms with E-state index in [1.807, 2.05) is 41.2 Å². The van der Waals surface area contributed by atoms with E-state index in [4.69, 9.17) is 0 Å². The van der Waals surface area contributed by atoms with Crippen LogP contribution in [0.1, 0.15) is 11.1 Å². The fraction of sp³-hybridized carbons (Fsp3) is 0.240. The lowest BCUT2D eigenvalue weighted by Crippen LogP contribution is -2.46. The molecule has 0 spiro atoms. The average Bonchev–Trinajstić information content (AvgIpc) is 3.33. The van der Waals surface area contributed by atoms with Crippen LogP contribution in [0, 0.1) is 5.82 Å². The maximum atomic E-state index is 14.2. The van der Waals surface area contributed by atoms with E-state index in [1.165, 1.54) is 11.6 Å². The molecule has 0 atom stereocenters. The molecule has 0 amide bonds. The number of aromatic nitrogens is 4. The second kappa shape index (κ2) is 9.48. The van der Waals surface area contributed by atoms with Gasteiger partial charge in [0.2, 0.25) is 0 Å². The van der Waals surface area contributed by atoms with Gasteiger partial charge in [-0.25, -0.2) is 14.1 Å². The highest BCUT2D eigenvalue weighted by atomic mass is 19.1. The zero-order chi connectivity index (χ0) is 22.6. The lowest BCUT2D eigenvalue weighted by Gasteiger charge is -2.35. The first kappa shape index (κ1) is 21.2. The van der Waals surface area contributed by atoms with Crippen molar-refractivity contribution in [2.45, 2.75) is 13.2 Å². The predicted molar refractivity (Wildman–Crippen MR) is 124 cm³/mol. The maximum absolute atomic E-state index is 14.2. The Bertz CT molecular complexity index is 1220. The summed E-state index contributed by atoms with van der Waals surface area (Å²) in [5.74, 6) is 0.317. The molecule has 1 aliphatic heterocycles. The number of hydrogen-bond acceptors (Lipinski definition) is 6. The molecule has 1 fully saturated rings. The Morgan fingerprint density at radius 1 is 0.939 bits per heavy atom. The molecule has 8 heteroatoms. The second-order valence-corrected chi connectivity index (χ2v) is 8.08. The van der Waals surface area contributed by atoms with Gasteiger partial charge in [0.25, 0.3) is 0 Å². The number of nitrogens with zero attached hydrogens (tertiary/aromatic N) is 6. The van der Waals surface area contributed by atoms with Crippen molar-refractivity contribution in [3.8, 4) is 16.9 Å². The van der Waals surface area contributed by atoms with Crippen molar-refractivity contribution in [3.63, 3.8) is 0 Å². The molecule has 1 saturated heterocycles. The van der Waals surface area contributed by atoms with Crippen LogP contribution in [0.25, 0.3) is 16.9 Å². The highest BCUT2D eigenvalue weighted by molar-refractivity contribution is 5.72. The molecule has 1 N–H and O–H groups in total. The van der Waals surface area contributed by atoms with Gasteiger partial charge < -0.3 is 10.0 Å². The Kier molecular flexibility index (Phi) is 6.10. The van der Waals surface area contributed by atoms with Gasteiger partial charge >= 0.3 is 0 Å². The largest absolute Gasteiger partial charge is 0.392 e. The second-order valence-electron chi connectivity index (χ2n) is 8.08. The topological polar surface area (TPSA) is 70.3 Å². The molecular formula is C25H25FN6O. The van der Waals surface area contributed by atoms with Crippen LogP contribution < -0.4 is 4.90 Å². The van der Waals surface area contributed by atoms with Crippen molar-refractivity contribution in [1.82, 2.24) is 24.6 Å². The molecular weight excluding hydrogens is 419 g/mol. The third kappa shape index (κ3) is 4.62. The average molecular weight is 445 g/mol. The van der Waals surface area contributed by atoms with Gasteiger partial charge in [0, 0.05) is 68.0 Å². The van der Waals surface area contributed by atoms with Gasteiger partial charge in [-0.2, -0.15) is 5.10 Å². The van der Waals surface area contributed by atoms with E-state index >= 15 is 0 Å². The van der Waals surface area contributed by atoms with E-state index in [2.05, 4.69) is 31.1 Å². The van der Waals surface area contributed by atoms with Gasteiger partial charge in [0.15, 0.2) is 5.82 Å². The summed E-state index contributed by atoms with van der Waals surface area (Å²) in [5.41, 5.74) is 3.80. The summed E-state index contributed by atoms with van der Waals surface area (Å²) in [4.78, 5) is 13.6. The highest BCUT2D eigenvalue weighted by Gasteiger charge is 2.22. The van der Waals surface area contributed by atoms with Crippen LogP contribution in [0.4, 0.5) is 10.2 Å². The monoisotopic (exact) mass is 444 g/mol. The van der Waals surface area contributed by atoms with Gasteiger partial charge in [-0.05, 0) is 18.2 Å². The Balaban J connectivity index is 1.26. The third-order valence-electron chi connectivity index (χ3n) is 5.91. The quantitative estimate of drug-likeness (QED) is 0.492. The van der Waals surface area contributed by atoms with Crippen molar-refractivity contribution in [3.05, 3.63) is 90.3 Å². The fourth-order valence-electron chi connectivity index (χ4n) is 4.13. The summed E-state index contributed by atoms with van der Waals surface area (Å²) < 4.78 is 16.1. The lowest BCUT2D eigenvalue weighted by atomic mass is 10.1. The number of aliphatic hydroxyl groups excluding tert-OH is 1. The molecule has 168 valence electrons. The molecule has 2 aromatic carbocycles. The SMILES string of the molecule is OCc1ccc(-c2nccnc2N2CCN(Cc3cnn(-c4ccccc4)c3)CC2)cc1F. The minimum Gasteiger partial charge on any atom is -0.392 e. The molecule has 5 rings (SSSR count). The Morgan fingerprint density at radius 3 is 2.48 bits per heavy atom. The minimum atomic E-state index is -0.438. The normalized spacial score (nSPS) is 14.5. The zero-order valence-electron chi connectivity index (χ0n) is 18.2. The number of anilines is 1. The number of benzene rings is 2. The summed E-state index contributed by atoms with van der Waals surface area (Å²) in [6, 6.07) is 14.9. The molecule has 0 bridgehead atoms. The summed E-state index contributed by atoms with van der Waals surface area (Å²) in [6.45, 7) is 3.87. The Morgan fingerprint density at radius 2 is 1.73 bits per heavy atom. The third-order valence-corrected chi connectivity index (χ3v) is 5.91. The number of aliphatic hydroxyl groups is 1. The first-order valence-electron chi connectivity index (χ1n) is 11.0. The van der Waals surface area contributed by atoms with E-state index in [-0.39, 0.29) is 12.2 Å². The van der Waals surface area contributed by atoms with E-state index < -0.39 is 5.82 Å². The van der Waals surface area contributed by atoms with Crippen molar-refractivity contribution in [1.29, 1.82) is 0 Å². The van der Waals surface area contributed by atoms with Crippen LogP contribution in [0.15, 0.2) is 73.3 Å². The van der Waals surface area contributed by atoms with Crippen LogP contribution in [0.2, 0.25) is 0 Å². The van der Waals surface area contributed by atoms with E-state index in [0.717, 1.165) is 44.2 Å². The lowest BCUT2D eigenvalue weighted by molar-refractivity contribution is 0.249. The molecule has 0 saturated carbocycles. The van der Waals surface area contributed by atoms with E-state index in [0.29, 0.717) is 11.3 Å². The van der Waals surface area contributed by atoms with Crippen molar-refractivity contribution < 1.29 is 9.50 Å². The van der Waals surface area contributed by atoms with Gasteiger partial charge in [-0.1, -0.05) is 30.3 Å². The molecule has 0 radical (unpaired) electrons. The van der Waals surface area contributed by atoms with Gasteiger partial charge in [0.05, 0.1) is 18.5 Å². The van der Waals surface area contributed by atoms with Crippen molar-refractivity contribution >= 4 is 5.82 Å². The molecule has 7 nitrogen and oxygen atoms in total. The molecule has 1 aliphatic rings. The molecule has 0 unspecified atom stereocenters. The standard InChI is InChI=1S/C25H25FN6O/c26-23-14-20(6-7-21(23)18-33)24-25(28-9-8-27-24)31-12-10-30(11-13-31)16-19-15-29-32(17-19)22-4-2-1-3-5-22/h1-9,14-15,17,33H,10-13,16,18H2. The van der Waals surface area contributed by atoms with E-state index in [1.54, 1.807) is 24.5 Å². The molecule has 4 aromatic rings. The van der Waals surface area contributed by atoms with Crippen LogP contribution in [0.5, 0.6) is 0 Å². The first-order valence-corrected chi connectivity index (χ1v) is 11.0. The number of piperazine rings is 1. The van der Waals surface area contributed by atoms with Crippen LogP contribution in [-0.4, -0.2) is 55.9 Å². The van der Waals surface area contributed by atoms with E-state index in [9.17, 15) is 9.50 Å². The van der Waals surface area contributed by atoms with Crippen LogP contribution in [-0.2, 0) is 13.2 Å². The van der Waals surface area contributed by atoms with Crippen LogP contribution >= 0.6 is 0 Å². The first-order chi connectivity index (χ1) is 16.2. The van der Waals surface area contributed by atoms with Gasteiger partial charge in [-0.3, -0.25) is 9.88 Å². The smallest absolute Gasteiger partial charge is 0.155 e. The van der Waals surface area contributed by atoms with Crippen molar-refractivity contribution in [2.75, 3.05) is 31.1 Å². The minimum absolute atomic E-state index is 0.272. The Labute approximate surface area is 191 Å². The number of hydrogen-bond donors (Lipinski definition) is 1. The van der Waals surface area contributed by atoms with Gasteiger partial charge in [-0.15, -0.1) is 0 Å². The highest BCUT2D eigenvalue weighted by Crippen LogP contribution is 2.29. The van der Waals surface area contributed by atoms with Crippen LogP contribution in [0.3, 0.4) is 0 Å². The maximum Gasteiger partial charge on any atom is 0.155 e.